The van der Waals surface area contributed by atoms with Gasteiger partial charge in [-0.2, -0.15) is 31.3 Å². The molecule has 0 aliphatic carbocycles. The van der Waals surface area contributed by atoms with Gasteiger partial charge in [-0.05, 0) is 43.3 Å². The summed E-state index contributed by atoms with van der Waals surface area (Å²) in [6, 6.07) is 8.45. The number of anilines is 2. The van der Waals surface area contributed by atoms with Crippen molar-refractivity contribution in [1.29, 1.82) is 0 Å². The third kappa shape index (κ3) is 4.85. The van der Waals surface area contributed by atoms with Crippen LogP contribution in [0.3, 0.4) is 0 Å². The maximum atomic E-state index is 13.4. The highest BCUT2D eigenvalue weighted by Crippen LogP contribution is 2.36. The molecule has 0 spiro atoms. The molecule has 4 aromatic heterocycles. The van der Waals surface area contributed by atoms with E-state index >= 15 is 0 Å². The summed E-state index contributed by atoms with van der Waals surface area (Å²) in [6.45, 7) is 1.96. The van der Waals surface area contributed by atoms with Gasteiger partial charge >= 0.3 is 12.4 Å². The van der Waals surface area contributed by atoms with Crippen molar-refractivity contribution in [3.05, 3.63) is 66.0 Å². The van der Waals surface area contributed by atoms with Crippen LogP contribution in [0.4, 0.5) is 37.8 Å². The lowest BCUT2D eigenvalue weighted by Gasteiger charge is -2.14. The second kappa shape index (κ2) is 8.76. The van der Waals surface area contributed by atoms with Gasteiger partial charge in [0.15, 0.2) is 5.65 Å². The quantitative estimate of drug-likeness (QED) is 0.341. The van der Waals surface area contributed by atoms with Gasteiger partial charge in [-0.3, -0.25) is 4.98 Å². The maximum absolute atomic E-state index is 13.4. The van der Waals surface area contributed by atoms with Gasteiger partial charge in [0, 0.05) is 23.8 Å². The fourth-order valence-corrected chi connectivity index (χ4v) is 3.15. The SMILES string of the molecule is CCOc1cc(Nc2ccc(C(F)(F)F)cn2)c2ccc(-c3ncccc3C(F)(F)F)nc2n1. The van der Waals surface area contributed by atoms with Crippen molar-refractivity contribution in [1.82, 2.24) is 19.9 Å². The predicted molar refractivity (Wildman–Crippen MR) is 111 cm³/mol. The Morgan fingerprint density at radius 3 is 2.35 bits per heavy atom. The monoisotopic (exact) mass is 479 g/mol. The molecule has 1 N–H and O–H groups in total. The van der Waals surface area contributed by atoms with Crippen LogP contribution in [0.25, 0.3) is 22.4 Å². The smallest absolute Gasteiger partial charge is 0.418 e. The number of alkyl halides is 6. The minimum Gasteiger partial charge on any atom is -0.478 e. The van der Waals surface area contributed by atoms with E-state index in [4.69, 9.17) is 4.74 Å². The Morgan fingerprint density at radius 1 is 0.912 bits per heavy atom. The molecule has 6 nitrogen and oxygen atoms in total. The van der Waals surface area contributed by atoms with Crippen LogP contribution in [0.2, 0.25) is 0 Å². The number of rotatable bonds is 5. The first-order valence-corrected chi connectivity index (χ1v) is 9.83. The number of nitrogens with one attached hydrogen (secondary N) is 1. The maximum Gasteiger partial charge on any atom is 0.418 e. The Labute approximate surface area is 188 Å². The minimum absolute atomic E-state index is 0.0524. The number of hydrogen-bond donors (Lipinski definition) is 1. The average Bonchev–Trinajstić information content (AvgIpc) is 2.78. The lowest BCUT2D eigenvalue weighted by Crippen LogP contribution is -2.09. The molecule has 4 rings (SSSR count). The number of hydrogen-bond acceptors (Lipinski definition) is 6. The summed E-state index contributed by atoms with van der Waals surface area (Å²) in [5.74, 6) is 0.224. The molecule has 0 saturated carbocycles. The molecule has 0 atom stereocenters. The fraction of sp³-hybridized carbons (Fsp3) is 0.182. The Balaban J connectivity index is 1.79. The third-order valence-corrected chi connectivity index (χ3v) is 4.65. The zero-order chi connectivity index (χ0) is 24.5. The molecule has 0 bridgehead atoms. The standard InChI is InChI=1S/C22H15F6N5O/c1-2-34-18-10-16(31-17-8-5-12(11-30-17)21(23,24)25)13-6-7-15(32-20(13)33-18)19-14(22(26,27)28)4-3-9-29-19/h3-11H,2H2,1H3,(H,30,31,32,33). The Bertz CT molecular complexity index is 1320. The highest BCUT2D eigenvalue weighted by atomic mass is 19.4. The van der Waals surface area contributed by atoms with Crippen molar-refractivity contribution in [3.8, 4) is 17.3 Å². The van der Waals surface area contributed by atoms with E-state index in [1.807, 2.05) is 0 Å². The Hall–Kier alpha value is -3.96. The first kappa shape index (κ1) is 23.2. The topological polar surface area (TPSA) is 72.8 Å². The van der Waals surface area contributed by atoms with Crippen LogP contribution >= 0.6 is 0 Å². The summed E-state index contributed by atoms with van der Waals surface area (Å²) < 4.78 is 84.1. The van der Waals surface area contributed by atoms with Gasteiger partial charge in [0.2, 0.25) is 5.88 Å². The van der Waals surface area contributed by atoms with Crippen LogP contribution in [0.5, 0.6) is 5.88 Å². The molecule has 0 amide bonds. The fourth-order valence-electron chi connectivity index (χ4n) is 3.15. The number of fused-ring (bicyclic) bond motifs is 1. The largest absolute Gasteiger partial charge is 0.478 e. The number of aromatic nitrogens is 4. The van der Waals surface area contributed by atoms with Crippen LogP contribution in [0.1, 0.15) is 18.1 Å². The first-order valence-electron chi connectivity index (χ1n) is 9.83. The van der Waals surface area contributed by atoms with Crippen LogP contribution in [-0.2, 0) is 12.4 Å². The zero-order valence-electron chi connectivity index (χ0n) is 17.4. The first-order chi connectivity index (χ1) is 16.1. The summed E-state index contributed by atoms with van der Waals surface area (Å²) in [5.41, 5.74) is -1.88. The molecule has 0 aromatic carbocycles. The number of halogens is 6. The van der Waals surface area contributed by atoms with E-state index in [2.05, 4.69) is 25.3 Å². The van der Waals surface area contributed by atoms with E-state index < -0.39 is 23.5 Å². The summed E-state index contributed by atoms with van der Waals surface area (Å²) in [6.07, 6.45) is -7.26. The van der Waals surface area contributed by atoms with E-state index in [1.165, 1.54) is 30.5 Å². The average molecular weight is 479 g/mol. The van der Waals surface area contributed by atoms with Crippen molar-refractivity contribution in [3.63, 3.8) is 0 Å². The summed E-state index contributed by atoms with van der Waals surface area (Å²) in [5, 5.41) is 3.27. The molecule has 0 aliphatic rings. The molecule has 4 heterocycles. The van der Waals surface area contributed by atoms with Gasteiger partial charge in [-0.1, -0.05) is 0 Å². The van der Waals surface area contributed by atoms with E-state index in [1.54, 1.807) is 6.92 Å². The molecule has 0 saturated heterocycles. The van der Waals surface area contributed by atoms with E-state index in [0.717, 1.165) is 18.2 Å². The predicted octanol–water partition coefficient (Wildman–Crippen LogP) is 6.27. The molecule has 12 heteroatoms. The normalized spacial score (nSPS) is 12.1. The number of nitrogens with zero attached hydrogens (tertiary/aromatic N) is 4. The van der Waals surface area contributed by atoms with Gasteiger partial charge in [-0.15, -0.1) is 0 Å². The van der Waals surface area contributed by atoms with Crippen molar-refractivity contribution < 1.29 is 31.1 Å². The minimum atomic E-state index is -4.64. The van der Waals surface area contributed by atoms with Crippen LogP contribution in [0, 0.1) is 0 Å². The zero-order valence-corrected chi connectivity index (χ0v) is 17.4. The molecule has 34 heavy (non-hydrogen) atoms. The van der Waals surface area contributed by atoms with Crippen molar-refractivity contribution >= 4 is 22.5 Å². The van der Waals surface area contributed by atoms with Crippen molar-refractivity contribution in [2.75, 3.05) is 11.9 Å². The van der Waals surface area contributed by atoms with Gasteiger partial charge in [0.05, 0.1) is 29.1 Å². The molecule has 0 unspecified atom stereocenters. The van der Waals surface area contributed by atoms with Crippen LogP contribution < -0.4 is 10.1 Å². The molecule has 0 radical (unpaired) electrons. The summed E-state index contributed by atoms with van der Waals surface area (Å²) >= 11 is 0. The van der Waals surface area contributed by atoms with E-state index in [0.29, 0.717) is 17.3 Å². The number of ether oxygens (including phenoxy) is 1. The van der Waals surface area contributed by atoms with Gasteiger partial charge < -0.3 is 10.1 Å². The van der Waals surface area contributed by atoms with Gasteiger partial charge in [0.25, 0.3) is 0 Å². The highest BCUT2D eigenvalue weighted by Gasteiger charge is 2.35. The van der Waals surface area contributed by atoms with Crippen LogP contribution in [0.15, 0.2) is 54.9 Å². The number of pyridine rings is 4. The second-order valence-corrected chi connectivity index (χ2v) is 6.96. The lowest BCUT2D eigenvalue weighted by atomic mass is 10.1. The highest BCUT2D eigenvalue weighted by molar-refractivity contribution is 5.92. The molecule has 4 aromatic rings. The van der Waals surface area contributed by atoms with Crippen LogP contribution in [-0.4, -0.2) is 26.5 Å². The molecular formula is C22H15F6N5O. The summed E-state index contributed by atoms with van der Waals surface area (Å²) in [4.78, 5) is 16.1. The third-order valence-electron chi connectivity index (χ3n) is 4.65. The Morgan fingerprint density at radius 2 is 1.71 bits per heavy atom. The second-order valence-electron chi connectivity index (χ2n) is 6.96. The van der Waals surface area contributed by atoms with E-state index in [9.17, 15) is 26.3 Å². The van der Waals surface area contributed by atoms with Crippen molar-refractivity contribution in [2.45, 2.75) is 19.3 Å². The van der Waals surface area contributed by atoms with Gasteiger partial charge in [0.1, 0.15) is 11.5 Å². The van der Waals surface area contributed by atoms with Crippen molar-refractivity contribution in [2.24, 2.45) is 0 Å². The lowest BCUT2D eigenvalue weighted by molar-refractivity contribution is -0.138. The summed E-state index contributed by atoms with van der Waals surface area (Å²) in [7, 11) is 0. The molecule has 0 aliphatic heterocycles. The van der Waals surface area contributed by atoms with Gasteiger partial charge in [-0.25, -0.2) is 9.97 Å². The molecular weight excluding hydrogens is 464 g/mol. The molecule has 0 fully saturated rings. The van der Waals surface area contributed by atoms with E-state index in [-0.39, 0.29) is 35.3 Å². The molecule has 176 valence electrons. The Kier molecular flexibility index (Phi) is 5.98.